The average Bonchev–Trinajstić information content (AvgIpc) is 2.55. The molecule has 1 aliphatic rings. The molecule has 2 aromatic carbocycles. The normalized spacial score (nSPS) is 18.1. The van der Waals surface area contributed by atoms with Crippen LogP contribution in [-0.2, 0) is 0 Å². The van der Waals surface area contributed by atoms with Crippen molar-refractivity contribution in [2.24, 2.45) is 5.73 Å². The Kier molecular flexibility index (Phi) is 5.60. The number of nitrogens with zero attached hydrogens (tertiary/aromatic N) is 1. The predicted molar refractivity (Wildman–Crippen MR) is 92.6 cm³/mol. The number of nitrogens with two attached hydrogens (primary N) is 1. The van der Waals surface area contributed by atoms with E-state index in [4.69, 9.17) is 5.73 Å². The van der Waals surface area contributed by atoms with Crippen molar-refractivity contribution in [2.45, 2.75) is 24.8 Å². The van der Waals surface area contributed by atoms with Gasteiger partial charge in [0.15, 0.2) is 0 Å². The van der Waals surface area contributed by atoms with Crippen LogP contribution in [-0.4, -0.2) is 19.0 Å². The van der Waals surface area contributed by atoms with E-state index >= 15 is 0 Å². The van der Waals surface area contributed by atoms with Crippen molar-refractivity contribution in [3.63, 3.8) is 0 Å². The minimum atomic E-state index is -2.53. The van der Waals surface area contributed by atoms with Crippen LogP contribution in [0.4, 0.5) is 14.5 Å². The summed E-state index contributed by atoms with van der Waals surface area (Å²) in [6.45, 7) is 0.733. The number of hydrogen-bond donors (Lipinski definition) is 1. The van der Waals surface area contributed by atoms with E-state index in [-0.39, 0.29) is 31.3 Å². The first-order valence-electron chi connectivity index (χ1n) is 7.59. The largest absolute Gasteiger partial charge is 0.371 e. The number of piperidine rings is 1. The second-order valence-electron chi connectivity index (χ2n) is 5.79. The van der Waals surface area contributed by atoms with Gasteiger partial charge in [-0.3, -0.25) is 0 Å². The summed E-state index contributed by atoms with van der Waals surface area (Å²) in [5.74, 6) is -2.53. The number of hydrogen-bond acceptors (Lipinski definition) is 2. The number of para-hydroxylation sites is 1. The van der Waals surface area contributed by atoms with Gasteiger partial charge in [-0.25, -0.2) is 8.78 Å². The number of alkyl halides is 2. The Morgan fingerprint density at radius 1 is 0.913 bits per heavy atom. The van der Waals surface area contributed by atoms with Crippen LogP contribution < -0.4 is 10.6 Å². The van der Waals surface area contributed by atoms with E-state index in [1.165, 1.54) is 0 Å². The Morgan fingerprint density at radius 2 is 1.48 bits per heavy atom. The van der Waals surface area contributed by atoms with Gasteiger partial charge in [-0.15, -0.1) is 12.4 Å². The van der Waals surface area contributed by atoms with E-state index < -0.39 is 5.92 Å². The molecule has 1 fully saturated rings. The zero-order chi connectivity index (χ0) is 15.6. The summed E-state index contributed by atoms with van der Waals surface area (Å²) >= 11 is 0. The topological polar surface area (TPSA) is 29.3 Å². The van der Waals surface area contributed by atoms with Crippen molar-refractivity contribution in [3.05, 3.63) is 65.7 Å². The van der Waals surface area contributed by atoms with Crippen LogP contribution in [0, 0.1) is 0 Å². The standard InChI is InChI=1S/C18H20F2N2.ClH/c19-18(20)10-12-22(13-11-18)16-9-5-4-8-15(16)17(21)14-6-2-1-3-7-14;/h1-9,17H,10-13,21H2;1H. The van der Waals surface area contributed by atoms with Crippen molar-refractivity contribution >= 4 is 18.1 Å². The Bertz CT molecular complexity index is 624. The Morgan fingerprint density at radius 3 is 2.13 bits per heavy atom. The van der Waals surface area contributed by atoms with Gasteiger partial charge in [0.2, 0.25) is 0 Å². The molecule has 5 heteroatoms. The number of rotatable bonds is 3. The SMILES string of the molecule is Cl.NC(c1ccccc1)c1ccccc1N1CCC(F)(F)CC1. The zero-order valence-corrected chi connectivity index (χ0v) is 13.6. The molecule has 0 saturated carbocycles. The lowest BCUT2D eigenvalue weighted by Crippen LogP contribution is -2.40. The molecule has 0 aromatic heterocycles. The highest BCUT2D eigenvalue weighted by atomic mass is 35.5. The molecule has 3 rings (SSSR count). The molecule has 2 nitrogen and oxygen atoms in total. The van der Waals surface area contributed by atoms with Gasteiger partial charge in [-0.1, -0.05) is 48.5 Å². The summed E-state index contributed by atoms with van der Waals surface area (Å²) in [5.41, 5.74) is 9.38. The summed E-state index contributed by atoms with van der Waals surface area (Å²) in [5, 5.41) is 0. The minimum Gasteiger partial charge on any atom is -0.371 e. The summed E-state index contributed by atoms with van der Waals surface area (Å²) in [6, 6.07) is 17.4. The lowest BCUT2D eigenvalue weighted by molar-refractivity contribution is -0.0220. The van der Waals surface area contributed by atoms with Crippen molar-refractivity contribution in [1.82, 2.24) is 0 Å². The van der Waals surface area contributed by atoms with Crippen LogP contribution in [0.25, 0.3) is 0 Å². The minimum absolute atomic E-state index is 0. The molecule has 1 saturated heterocycles. The molecular weight excluding hydrogens is 318 g/mol. The molecule has 1 heterocycles. The van der Waals surface area contributed by atoms with E-state index in [0.717, 1.165) is 16.8 Å². The molecule has 0 amide bonds. The first kappa shape index (κ1) is 17.7. The molecule has 0 aliphatic carbocycles. The van der Waals surface area contributed by atoms with E-state index in [1.807, 2.05) is 59.5 Å². The molecule has 0 bridgehead atoms. The molecule has 2 aromatic rings. The summed E-state index contributed by atoms with van der Waals surface area (Å²) < 4.78 is 26.7. The van der Waals surface area contributed by atoms with Crippen LogP contribution in [0.5, 0.6) is 0 Å². The maximum atomic E-state index is 13.4. The van der Waals surface area contributed by atoms with Crippen LogP contribution in [0.2, 0.25) is 0 Å². The third-order valence-corrected chi connectivity index (χ3v) is 4.27. The van der Waals surface area contributed by atoms with Gasteiger partial charge in [-0.2, -0.15) is 0 Å². The Labute approximate surface area is 141 Å². The quantitative estimate of drug-likeness (QED) is 0.899. The first-order chi connectivity index (χ1) is 10.6. The molecular formula is C18H21ClF2N2. The lowest BCUT2D eigenvalue weighted by Gasteiger charge is -2.35. The fraction of sp³-hybridized carbons (Fsp3) is 0.333. The molecule has 1 aliphatic heterocycles. The van der Waals surface area contributed by atoms with Crippen LogP contribution in [0.3, 0.4) is 0 Å². The fourth-order valence-electron chi connectivity index (χ4n) is 2.95. The van der Waals surface area contributed by atoms with Gasteiger partial charge < -0.3 is 10.6 Å². The predicted octanol–water partition coefficient (Wildman–Crippen LogP) is 4.39. The summed E-state index contributed by atoms with van der Waals surface area (Å²) in [4.78, 5) is 2.02. The van der Waals surface area contributed by atoms with Gasteiger partial charge in [-0.05, 0) is 17.2 Å². The molecule has 0 spiro atoms. The third-order valence-electron chi connectivity index (χ3n) is 4.27. The Balaban J connectivity index is 0.00000192. The van der Waals surface area contributed by atoms with E-state index in [0.29, 0.717) is 13.1 Å². The van der Waals surface area contributed by atoms with Crippen molar-refractivity contribution < 1.29 is 8.78 Å². The van der Waals surface area contributed by atoms with Crippen LogP contribution in [0.1, 0.15) is 30.0 Å². The maximum Gasteiger partial charge on any atom is 0.251 e. The van der Waals surface area contributed by atoms with Gasteiger partial charge >= 0.3 is 0 Å². The fourth-order valence-corrected chi connectivity index (χ4v) is 2.95. The molecule has 124 valence electrons. The maximum absolute atomic E-state index is 13.4. The van der Waals surface area contributed by atoms with E-state index in [2.05, 4.69) is 0 Å². The van der Waals surface area contributed by atoms with E-state index in [9.17, 15) is 8.78 Å². The highest BCUT2D eigenvalue weighted by Gasteiger charge is 2.34. The molecule has 1 unspecified atom stereocenters. The summed E-state index contributed by atoms with van der Waals surface area (Å²) in [7, 11) is 0. The van der Waals surface area contributed by atoms with Crippen molar-refractivity contribution in [1.29, 1.82) is 0 Å². The van der Waals surface area contributed by atoms with Crippen molar-refractivity contribution in [2.75, 3.05) is 18.0 Å². The van der Waals surface area contributed by atoms with Crippen molar-refractivity contribution in [3.8, 4) is 0 Å². The Hall–Kier alpha value is -1.65. The monoisotopic (exact) mass is 338 g/mol. The molecule has 0 radical (unpaired) electrons. The van der Waals surface area contributed by atoms with Gasteiger partial charge in [0.05, 0.1) is 6.04 Å². The van der Waals surface area contributed by atoms with Gasteiger partial charge in [0, 0.05) is 31.6 Å². The molecule has 23 heavy (non-hydrogen) atoms. The number of anilines is 1. The average molecular weight is 339 g/mol. The molecule has 2 N–H and O–H groups in total. The molecule has 1 atom stereocenters. The van der Waals surface area contributed by atoms with Crippen LogP contribution in [0.15, 0.2) is 54.6 Å². The number of halogens is 3. The second-order valence-corrected chi connectivity index (χ2v) is 5.79. The lowest BCUT2D eigenvalue weighted by atomic mass is 9.96. The number of benzene rings is 2. The van der Waals surface area contributed by atoms with Crippen LogP contribution >= 0.6 is 12.4 Å². The second kappa shape index (κ2) is 7.28. The zero-order valence-electron chi connectivity index (χ0n) is 12.8. The highest BCUT2D eigenvalue weighted by molar-refractivity contribution is 5.85. The smallest absolute Gasteiger partial charge is 0.251 e. The first-order valence-corrected chi connectivity index (χ1v) is 7.59. The highest BCUT2D eigenvalue weighted by Crippen LogP contribution is 2.34. The van der Waals surface area contributed by atoms with Gasteiger partial charge in [0.1, 0.15) is 0 Å². The summed E-state index contributed by atoms with van der Waals surface area (Å²) in [6.07, 6.45) is -0.191. The van der Waals surface area contributed by atoms with E-state index in [1.54, 1.807) is 0 Å². The third kappa shape index (κ3) is 4.01. The van der Waals surface area contributed by atoms with Gasteiger partial charge in [0.25, 0.3) is 5.92 Å².